The number of pyridine rings is 3. The molecule has 1 aromatic carbocycles. The predicted molar refractivity (Wildman–Crippen MR) is 403 cm³/mol. The highest BCUT2D eigenvalue weighted by Gasteiger charge is 2.40. The smallest absolute Gasteiger partial charge is 0.409 e. The van der Waals surface area contributed by atoms with Gasteiger partial charge in [-0.15, -0.1) is 0 Å². The maximum Gasteiger partial charge on any atom is 0.409 e. The van der Waals surface area contributed by atoms with Gasteiger partial charge in [-0.05, 0) is 108 Å². The van der Waals surface area contributed by atoms with Gasteiger partial charge in [0.2, 0.25) is 0 Å². The Labute approximate surface area is 629 Å². The minimum Gasteiger partial charge on any atom is -0.476 e. The second-order valence-electron chi connectivity index (χ2n) is 26.5. The Kier molecular flexibility index (Phi) is 28.9. The Morgan fingerprint density at radius 2 is 0.971 bits per heavy atom. The van der Waals surface area contributed by atoms with Crippen molar-refractivity contribution in [2.45, 2.75) is 135 Å². The van der Waals surface area contributed by atoms with E-state index in [-0.39, 0.29) is 23.8 Å². The number of nitrogen functional groups attached to an aromatic ring is 1. The van der Waals surface area contributed by atoms with Crippen molar-refractivity contribution in [3.8, 4) is 11.4 Å². The number of piperidine rings is 3. The summed E-state index contributed by atoms with van der Waals surface area (Å²) in [5.74, 6) is 1.21. The lowest BCUT2D eigenvalue weighted by molar-refractivity contribution is -0.148. The average Bonchev–Trinajstić information content (AvgIpc) is 1.25. The highest BCUT2D eigenvalue weighted by molar-refractivity contribution is 6.34. The number of carbonyl (C=O) groups excluding carboxylic acids is 3. The van der Waals surface area contributed by atoms with Gasteiger partial charge < -0.3 is 63.1 Å². The number of esters is 1. The van der Waals surface area contributed by atoms with Gasteiger partial charge in [0, 0.05) is 164 Å². The first-order valence-electron chi connectivity index (χ1n) is 36.1. The van der Waals surface area contributed by atoms with E-state index >= 15 is 0 Å². The molecule has 31 heteroatoms. The summed E-state index contributed by atoms with van der Waals surface area (Å²) in [6, 6.07) is 15.6. The summed E-state index contributed by atoms with van der Waals surface area (Å²) >= 11 is 25.8. The van der Waals surface area contributed by atoms with Crippen molar-refractivity contribution in [3.05, 3.63) is 143 Å². The molecule has 0 saturated carbocycles. The minimum absolute atomic E-state index is 0.0648. The fraction of sp³-hybridized carbons (Fsp3) is 0.534. The number of oxazole rings is 1. The van der Waals surface area contributed by atoms with Crippen molar-refractivity contribution < 1.29 is 42.9 Å². The van der Waals surface area contributed by atoms with Gasteiger partial charge in [-0.3, -0.25) is 19.6 Å². The molecule has 562 valence electrons. The van der Waals surface area contributed by atoms with E-state index in [1.54, 1.807) is 37.3 Å². The Morgan fingerprint density at radius 3 is 1.31 bits per heavy atom. The van der Waals surface area contributed by atoms with E-state index in [2.05, 4.69) is 84.4 Å². The van der Waals surface area contributed by atoms with Crippen LogP contribution in [0.15, 0.2) is 116 Å². The van der Waals surface area contributed by atoms with E-state index in [4.69, 9.17) is 76.4 Å². The molecule has 7 aromatic rings. The van der Waals surface area contributed by atoms with Crippen LogP contribution in [0.4, 0.5) is 32.7 Å². The maximum atomic E-state index is 12.7. The van der Waals surface area contributed by atoms with Crippen LogP contribution in [-0.4, -0.2) is 252 Å². The molecule has 4 atom stereocenters. The molecule has 6 saturated heterocycles. The molecule has 0 spiro atoms. The topological polar surface area (TPSA) is 272 Å². The normalized spacial score (nSPS) is 20.1. The van der Waals surface area contributed by atoms with Crippen molar-refractivity contribution in [2.75, 3.05) is 139 Å². The van der Waals surface area contributed by atoms with E-state index in [1.165, 1.54) is 7.11 Å². The molecular formula is C73H98Cl4N18O9. The third-order valence-electron chi connectivity index (χ3n) is 20.5. The van der Waals surface area contributed by atoms with Crippen molar-refractivity contribution in [1.82, 2.24) is 68.4 Å². The lowest BCUT2D eigenvalue weighted by atomic mass is 9.95. The van der Waals surface area contributed by atoms with Gasteiger partial charge >= 0.3 is 24.1 Å². The van der Waals surface area contributed by atoms with Crippen LogP contribution in [0.1, 0.15) is 114 Å². The Hall–Kier alpha value is -8.02. The molecular weight excluding hydrogens is 1410 g/mol. The third-order valence-corrected chi connectivity index (χ3v) is 21.6. The van der Waals surface area contributed by atoms with E-state index in [0.29, 0.717) is 75.2 Å². The molecule has 6 fully saturated rings. The van der Waals surface area contributed by atoms with Gasteiger partial charge in [0.1, 0.15) is 29.8 Å². The number of likely N-dealkylation sites (tertiary alicyclic amines) is 3. The molecule has 6 aromatic heterocycles. The predicted octanol–water partition coefficient (Wildman–Crippen LogP) is 11.5. The molecule has 0 radical (unpaired) electrons. The van der Waals surface area contributed by atoms with Crippen LogP contribution < -0.4 is 20.4 Å². The fourth-order valence-electron chi connectivity index (χ4n) is 15.0. The van der Waals surface area contributed by atoms with Crippen LogP contribution in [-0.2, 0) is 19.0 Å². The second kappa shape index (κ2) is 38.3. The summed E-state index contributed by atoms with van der Waals surface area (Å²) < 4.78 is 23.6. The number of aromatic carboxylic acids is 1. The quantitative estimate of drug-likeness (QED) is 0.0633. The Bertz CT molecular complexity index is 3830. The van der Waals surface area contributed by atoms with Gasteiger partial charge in [-0.1, -0.05) is 79.3 Å². The van der Waals surface area contributed by atoms with Crippen molar-refractivity contribution in [2.24, 2.45) is 0 Å². The number of piperazine rings is 3. The van der Waals surface area contributed by atoms with Crippen molar-refractivity contribution in [1.29, 1.82) is 0 Å². The molecule has 27 nitrogen and oxygen atoms in total. The largest absolute Gasteiger partial charge is 0.476 e. The van der Waals surface area contributed by atoms with E-state index in [1.807, 2.05) is 94.0 Å². The molecule has 0 aliphatic carbocycles. The van der Waals surface area contributed by atoms with Crippen LogP contribution in [0.3, 0.4) is 0 Å². The number of carboxylic acids is 1. The number of methoxy groups -OCH3 is 1. The van der Waals surface area contributed by atoms with Crippen LogP contribution in [0.2, 0.25) is 20.1 Å². The molecule has 2 amide bonds. The molecule has 13 rings (SSSR count). The molecule has 0 unspecified atom stereocenters. The third kappa shape index (κ3) is 20.1. The highest BCUT2D eigenvalue weighted by atomic mass is 35.5. The summed E-state index contributed by atoms with van der Waals surface area (Å²) in [4.78, 5) is 92.7. The number of rotatable bonds is 17. The number of imidazole rings is 2. The van der Waals surface area contributed by atoms with E-state index in [9.17, 15) is 19.2 Å². The summed E-state index contributed by atoms with van der Waals surface area (Å²) in [6.07, 6.45) is 27.1. The average molecular weight is 1510 g/mol. The molecule has 6 aliphatic heterocycles. The van der Waals surface area contributed by atoms with Crippen molar-refractivity contribution in [3.63, 3.8) is 0 Å². The molecule has 104 heavy (non-hydrogen) atoms. The van der Waals surface area contributed by atoms with Gasteiger partial charge in [0.05, 0.1) is 83.7 Å². The number of carboxylic acid groups (broad SMARTS) is 1. The monoisotopic (exact) mass is 1510 g/mol. The first-order chi connectivity index (χ1) is 50.4. The van der Waals surface area contributed by atoms with E-state index in [0.717, 1.165) is 203 Å². The zero-order chi connectivity index (χ0) is 73.8. The van der Waals surface area contributed by atoms with Gasteiger partial charge in [0.25, 0.3) is 0 Å². The Morgan fingerprint density at radius 1 is 0.558 bits per heavy atom. The summed E-state index contributed by atoms with van der Waals surface area (Å²) in [7, 11) is 1.45. The molecule has 6 aliphatic rings. The number of benzene rings is 1. The molecule has 0 bridgehead atoms. The lowest BCUT2D eigenvalue weighted by Gasteiger charge is -2.48. The summed E-state index contributed by atoms with van der Waals surface area (Å²) in [5, 5.41) is 10.7. The van der Waals surface area contributed by atoms with Crippen LogP contribution >= 0.6 is 46.4 Å². The van der Waals surface area contributed by atoms with E-state index < -0.39 is 12.0 Å². The number of halogens is 4. The number of hydrogen-bond acceptors (Lipinski definition) is 22. The maximum absolute atomic E-state index is 12.7. The van der Waals surface area contributed by atoms with Crippen LogP contribution in [0.5, 0.6) is 0 Å². The summed E-state index contributed by atoms with van der Waals surface area (Å²) in [6.45, 7) is 24.3. The van der Waals surface area contributed by atoms with Gasteiger partial charge in [-0.25, -0.2) is 49.1 Å². The first-order valence-corrected chi connectivity index (χ1v) is 37.7. The number of amides is 2. The zero-order valence-electron chi connectivity index (χ0n) is 60.2. The standard InChI is InChI=1S/C28H34Cl2N6O2.C22H31ClN6O2.C19H30ClN5O2.C4H3NO3/c1-3-22-18-34(27-25(30)16-24(17-32-27)35-13-10-31-19-35)14-15-36(22)23-8-11-33(12-9-23)26(28(37)38-2)20-4-6-21(29)7-5-20;1-3-17-15-27(21-20(23)13-19(14-25-21)28-10-7-24-16-28)11-12-29(17)18-5-8-26(9-6-18)22(30)31-4-2;1-3-15-13-24(18-17(20)11-14(21)12-22-18)9-10-25(15)16-5-7-23(8-6-16)19(26)27-4-2;6-4(7)3-1-8-2-5-3/h4-7,10,13,16-17,19,22-23,26H,3,8-9,11-12,14-15,18H2,1-2H3;7,10,13-14,16-18H,3-6,8-9,11-12,15H2,1-2H3;11-12,15-16H,3-10,13,21H2,1-2H3;1-2H,(H,6,7)/t22-,26-;17-;15-;/m000./s1. The SMILES string of the molecule is CCOC(=O)N1CCC(N2CCN(c3ncc(-n4ccnc4)cc3Cl)C[C@@H]2CC)CC1.CCOC(=O)N1CCC(N2CCN(c3ncc(N)cc3Cl)C[C@@H]2CC)CC1.CC[C@H]1CN(c2ncc(-n3ccnc3)cc2Cl)CCN1C1CCN([C@H](C(=O)OC)c2ccc(Cl)cc2)CC1.O=C(O)c1cocn1. The Balaban J connectivity index is 0.000000160. The minimum atomic E-state index is -1.07. The van der Waals surface area contributed by atoms with Crippen molar-refractivity contribution >= 4 is 93.7 Å². The fourth-order valence-corrected chi connectivity index (χ4v) is 16.0. The number of hydrogen-bond donors (Lipinski definition) is 2. The highest BCUT2D eigenvalue weighted by Crippen LogP contribution is 2.36. The van der Waals surface area contributed by atoms with Gasteiger partial charge in [0.15, 0.2) is 12.1 Å². The first kappa shape index (κ1) is 78.6. The van der Waals surface area contributed by atoms with Gasteiger partial charge in [-0.2, -0.15) is 0 Å². The summed E-state index contributed by atoms with van der Waals surface area (Å²) in [5.41, 5.74) is 9.02. The zero-order valence-corrected chi connectivity index (χ0v) is 63.2. The number of ether oxygens (including phenoxy) is 3. The number of nitrogens with two attached hydrogens (primary N) is 1. The molecule has 3 N–H and O–H groups in total. The number of carbonyl (C=O) groups is 4. The van der Waals surface area contributed by atoms with Crippen LogP contribution in [0, 0.1) is 0 Å². The molecule has 12 heterocycles. The number of nitrogens with zero attached hydrogens (tertiary/aromatic N) is 17. The van der Waals surface area contributed by atoms with Crippen LogP contribution in [0.25, 0.3) is 11.4 Å². The number of aromatic nitrogens is 8. The lowest BCUT2D eigenvalue weighted by Crippen LogP contribution is -2.58. The number of anilines is 4. The second-order valence-corrected chi connectivity index (χ2v) is 28.2.